The second kappa shape index (κ2) is 12.5. The number of rotatable bonds is 9. The molecule has 13 heteroatoms. The van der Waals surface area contributed by atoms with Crippen molar-refractivity contribution in [3.63, 3.8) is 0 Å². The number of pyridine rings is 1. The zero-order valence-corrected chi connectivity index (χ0v) is 25.1. The van der Waals surface area contributed by atoms with E-state index in [1.807, 2.05) is 16.7 Å². The van der Waals surface area contributed by atoms with Crippen molar-refractivity contribution in [2.75, 3.05) is 44.4 Å². The summed E-state index contributed by atoms with van der Waals surface area (Å²) in [6.07, 6.45) is 0.877. The number of aromatic carboxylic acids is 1. The van der Waals surface area contributed by atoms with Gasteiger partial charge in [0.25, 0.3) is 0 Å². The van der Waals surface area contributed by atoms with E-state index < -0.39 is 17.6 Å². The van der Waals surface area contributed by atoms with Gasteiger partial charge in [-0.15, -0.1) is 0 Å². The average molecular weight is 640 g/mol. The predicted octanol–water partition coefficient (Wildman–Crippen LogP) is 4.77. The first-order chi connectivity index (χ1) is 21.8. The number of hydrogen-bond acceptors (Lipinski definition) is 8. The topological polar surface area (TPSA) is 102 Å². The first kappa shape index (κ1) is 29.8. The highest BCUT2D eigenvalue weighted by molar-refractivity contribution is 6.30. The molecule has 2 aromatic carbocycles. The molecular weight excluding hydrogens is 608 g/mol. The van der Waals surface area contributed by atoms with Crippen LogP contribution in [0.5, 0.6) is 5.88 Å². The summed E-state index contributed by atoms with van der Waals surface area (Å²) in [7, 11) is 0. The van der Waals surface area contributed by atoms with Gasteiger partial charge in [-0.1, -0.05) is 23.7 Å². The van der Waals surface area contributed by atoms with E-state index >= 15 is 4.39 Å². The molecule has 0 radical (unpaired) electrons. The Hall–Kier alpha value is -3.84. The van der Waals surface area contributed by atoms with Crippen molar-refractivity contribution in [3.8, 4) is 5.88 Å². The van der Waals surface area contributed by atoms with Crippen LogP contribution in [0.4, 0.5) is 14.6 Å². The minimum Gasteiger partial charge on any atom is -0.478 e. The van der Waals surface area contributed by atoms with Crippen LogP contribution in [-0.2, 0) is 29.2 Å². The van der Waals surface area contributed by atoms with Crippen molar-refractivity contribution in [1.29, 1.82) is 0 Å². The van der Waals surface area contributed by atoms with Gasteiger partial charge in [-0.05, 0) is 36.8 Å². The summed E-state index contributed by atoms with van der Waals surface area (Å²) in [6, 6.07) is 12.6. The molecule has 2 aromatic heterocycles. The van der Waals surface area contributed by atoms with E-state index in [0.717, 1.165) is 18.3 Å². The van der Waals surface area contributed by atoms with Crippen LogP contribution in [0.3, 0.4) is 0 Å². The Morgan fingerprint density at radius 2 is 1.89 bits per heavy atom. The molecular formula is C32H32ClF2N5O5. The summed E-state index contributed by atoms with van der Waals surface area (Å²) in [5, 5.41) is 9.90. The Balaban J connectivity index is 1.11. The van der Waals surface area contributed by atoms with Crippen LogP contribution in [0.2, 0.25) is 5.02 Å². The Morgan fingerprint density at radius 3 is 2.69 bits per heavy atom. The first-order valence-electron chi connectivity index (χ1n) is 15.0. The molecule has 3 aliphatic heterocycles. The number of hydrogen-bond donors (Lipinski definition) is 1. The molecule has 3 saturated heterocycles. The van der Waals surface area contributed by atoms with Crippen molar-refractivity contribution >= 4 is 34.4 Å². The third-order valence-electron chi connectivity index (χ3n) is 8.86. The zero-order chi connectivity index (χ0) is 31.1. The maximum absolute atomic E-state index is 15.1. The molecule has 0 aliphatic carbocycles. The van der Waals surface area contributed by atoms with Crippen molar-refractivity contribution < 1.29 is 32.9 Å². The third-order valence-corrected chi connectivity index (χ3v) is 9.09. The number of anilines is 1. The lowest BCUT2D eigenvalue weighted by Gasteiger charge is -2.44. The molecule has 0 saturated carbocycles. The van der Waals surface area contributed by atoms with Crippen LogP contribution in [0.25, 0.3) is 11.0 Å². The standard InChI is InChI=1S/C32H32ClF2N5O5/c33-22-5-4-20(23(34)12-22)16-45-30-3-1-2-28(36-30)39-8-7-38(26-17-44-18-27(26)39)14-29-37-31-24(35)10-21(32(41)42)11-25(31)40(29)13-19-6-9-43-15-19/h1-5,10-12,19,26-27H,6-9,13-18H2,(H,41,42)/t19-,26+,27-/m1/s1. The van der Waals surface area contributed by atoms with Gasteiger partial charge >= 0.3 is 5.97 Å². The van der Waals surface area contributed by atoms with Gasteiger partial charge in [0.1, 0.15) is 29.6 Å². The summed E-state index contributed by atoms with van der Waals surface area (Å²) in [5.41, 5.74) is 0.929. The SMILES string of the molecule is O=C(O)c1cc(F)c2nc(CN3CCN(c4cccc(OCc5ccc(Cl)cc5F)n4)[C@@H]4COC[C@@H]43)n(C[C@H]3CCOC3)c2c1. The molecule has 3 atom stereocenters. The number of carbonyl (C=O) groups is 1. The van der Waals surface area contributed by atoms with Crippen LogP contribution in [0.15, 0.2) is 48.5 Å². The molecule has 1 N–H and O–H groups in total. The lowest BCUT2D eigenvalue weighted by molar-refractivity contribution is 0.0696. The first-order valence-corrected chi connectivity index (χ1v) is 15.3. The molecule has 3 aliphatic rings. The van der Waals surface area contributed by atoms with Crippen LogP contribution >= 0.6 is 11.6 Å². The molecule has 4 aromatic rings. The average Bonchev–Trinajstić information content (AvgIpc) is 3.79. The molecule has 0 unspecified atom stereocenters. The van der Waals surface area contributed by atoms with Gasteiger partial charge in [0.05, 0.1) is 49.5 Å². The number of nitrogens with zero attached hydrogens (tertiary/aromatic N) is 5. The number of carboxylic acid groups (broad SMARTS) is 1. The summed E-state index contributed by atoms with van der Waals surface area (Å²) >= 11 is 5.87. The van der Waals surface area contributed by atoms with Gasteiger partial charge in [0, 0.05) is 48.8 Å². The number of carboxylic acids is 1. The summed E-state index contributed by atoms with van der Waals surface area (Å²) in [6.45, 7) is 4.65. The lowest BCUT2D eigenvalue weighted by atomic mass is 10.0. The van der Waals surface area contributed by atoms with E-state index in [-0.39, 0.29) is 35.7 Å². The molecule has 236 valence electrons. The number of fused-ring (bicyclic) bond motifs is 2. The van der Waals surface area contributed by atoms with E-state index in [1.165, 1.54) is 12.1 Å². The Bertz CT molecular complexity index is 1730. The van der Waals surface area contributed by atoms with Gasteiger partial charge in [-0.25, -0.2) is 18.6 Å². The van der Waals surface area contributed by atoms with Crippen LogP contribution < -0.4 is 9.64 Å². The Kier molecular flexibility index (Phi) is 8.30. The number of halogens is 3. The van der Waals surface area contributed by atoms with Crippen molar-refractivity contribution in [3.05, 3.63) is 82.1 Å². The molecule has 0 spiro atoms. The minimum absolute atomic E-state index is 0.00613. The fourth-order valence-corrected chi connectivity index (χ4v) is 6.66. The zero-order valence-electron chi connectivity index (χ0n) is 24.4. The van der Waals surface area contributed by atoms with E-state index in [4.69, 9.17) is 35.8 Å². The molecule has 3 fully saturated rings. The molecule has 0 bridgehead atoms. The number of imidazole rings is 1. The van der Waals surface area contributed by atoms with E-state index in [0.29, 0.717) is 80.4 Å². The fourth-order valence-electron chi connectivity index (χ4n) is 6.51. The third kappa shape index (κ3) is 6.07. The molecule has 5 heterocycles. The monoisotopic (exact) mass is 639 g/mol. The Labute approximate surface area is 263 Å². The maximum Gasteiger partial charge on any atom is 0.335 e. The second-order valence-corrected chi connectivity index (χ2v) is 12.1. The fraction of sp³-hybridized carbons (Fsp3) is 0.406. The van der Waals surface area contributed by atoms with Crippen molar-refractivity contribution in [2.24, 2.45) is 5.92 Å². The number of aromatic nitrogens is 3. The smallest absolute Gasteiger partial charge is 0.335 e. The highest BCUT2D eigenvalue weighted by Gasteiger charge is 2.42. The Morgan fingerprint density at radius 1 is 1.02 bits per heavy atom. The van der Waals surface area contributed by atoms with Crippen LogP contribution in [-0.4, -0.2) is 82.1 Å². The lowest BCUT2D eigenvalue weighted by Crippen LogP contribution is -2.59. The maximum atomic E-state index is 15.1. The minimum atomic E-state index is -1.18. The normalized spacial score (nSPS) is 21.8. The van der Waals surface area contributed by atoms with Gasteiger partial charge in [0.15, 0.2) is 5.82 Å². The molecule has 7 rings (SSSR count). The van der Waals surface area contributed by atoms with Crippen LogP contribution in [0, 0.1) is 17.6 Å². The van der Waals surface area contributed by atoms with Gasteiger partial charge < -0.3 is 28.8 Å². The van der Waals surface area contributed by atoms with E-state index in [9.17, 15) is 14.3 Å². The summed E-state index contributed by atoms with van der Waals surface area (Å²) in [5.74, 6) is -0.235. The van der Waals surface area contributed by atoms with Crippen molar-refractivity contribution in [1.82, 2.24) is 19.4 Å². The van der Waals surface area contributed by atoms with E-state index in [1.54, 1.807) is 18.2 Å². The second-order valence-electron chi connectivity index (χ2n) is 11.7. The molecule has 0 amide bonds. The van der Waals surface area contributed by atoms with E-state index in [2.05, 4.69) is 9.80 Å². The van der Waals surface area contributed by atoms with Gasteiger partial charge in [0.2, 0.25) is 5.88 Å². The van der Waals surface area contributed by atoms with Crippen molar-refractivity contribution in [2.45, 2.75) is 38.2 Å². The highest BCUT2D eigenvalue weighted by atomic mass is 35.5. The quantitative estimate of drug-likeness (QED) is 0.278. The molecule has 45 heavy (non-hydrogen) atoms. The number of benzene rings is 2. The van der Waals surface area contributed by atoms with Crippen LogP contribution in [0.1, 0.15) is 28.2 Å². The highest BCUT2D eigenvalue weighted by Crippen LogP contribution is 2.31. The van der Waals surface area contributed by atoms with Gasteiger partial charge in [-0.3, -0.25) is 4.90 Å². The largest absolute Gasteiger partial charge is 0.478 e. The number of piperazine rings is 1. The van der Waals surface area contributed by atoms with Gasteiger partial charge in [-0.2, -0.15) is 4.98 Å². The predicted molar refractivity (Wildman–Crippen MR) is 162 cm³/mol. The molecule has 10 nitrogen and oxygen atoms in total. The summed E-state index contributed by atoms with van der Waals surface area (Å²) in [4.78, 5) is 25.7. The number of ether oxygens (including phenoxy) is 3. The summed E-state index contributed by atoms with van der Waals surface area (Å²) < 4.78 is 48.7.